The number of fused-ring (bicyclic) bond motifs is 1. The van der Waals surface area contributed by atoms with Crippen LogP contribution in [0.1, 0.15) is 16.1 Å². The summed E-state index contributed by atoms with van der Waals surface area (Å²) >= 11 is 0. The van der Waals surface area contributed by atoms with Crippen molar-refractivity contribution < 1.29 is 13.9 Å². The molecule has 3 heterocycles. The van der Waals surface area contributed by atoms with Crippen molar-refractivity contribution in [3.05, 3.63) is 82.3 Å². The third-order valence-corrected chi connectivity index (χ3v) is 5.39. The average molecular weight is 431 g/mol. The number of carbonyl (C=O) groups is 1. The van der Waals surface area contributed by atoms with Crippen LogP contribution in [0.25, 0.3) is 22.2 Å². The Morgan fingerprint density at radius 1 is 1.03 bits per heavy atom. The largest absolute Gasteiger partial charge is 0.378 e. The number of nitrogens with zero attached hydrogens (tertiary/aromatic N) is 4. The van der Waals surface area contributed by atoms with Crippen LogP contribution in [0.15, 0.2) is 59.7 Å². The number of ketones is 1. The molecule has 0 aliphatic carbocycles. The van der Waals surface area contributed by atoms with Crippen LogP contribution in [0.4, 0.5) is 10.1 Å². The lowest BCUT2D eigenvalue weighted by atomic mass is 10.00. The van der Waals surface area contributed by atoms with Gasteiger partial charge in [0.2, 0.25) is 5.78 Å². The highest BCUT2D eigenvalue weighted by Crippen LogP contribution is 2.31. The smallest absolute Gasteiger partial charge is 0.264 e. The number of carbonyl (C=O) groups excluding carboxylic acids is 1. The van der Waals surface area contributed by atoms with Gasteiger partial charge in [0.1, 0.15) is 17.8 Å². The van der Waals surface area contributed by atoms with Crippen molar-refractivity contribution in [1.29, 1.82) is 0 Å². The quantitative estimate of drug-likeness (QED) is 0.496. The van der Waals surface area contributed by atoms with Crippen molar-refractivity contribution in [2.45, 2.75) is 0 Å². The molecule has 0 spiro atoms. The lowest BCUT2D eigenvalue weighted by molar-refractivity contribution is 0.103. The van der Waals surface area contributed by atoms with Gasteiger partial charge in [-0.05, 0) is 42.5 Å². The summed E-state index contributed by atoms with van der Waals surface area (Å²) in [6.45, 7) is 2.93. The van der Waals surface area contributed by atoms with E-state index in [9.17, 15) is 14.0 Å². The average Bonchev–Trinajstić information content (AvgIpc) is 2.84. The molecule has 0 bridgehead atoms. The molecule has 9 heteroatoms. The first-order valence-corrected chi connectivity index (χ1v) is 10.1. The van der Waals surface area contributed by atoms with E-state index in [2.05, 4.69) is 25.1 Å². The fourth-order valence-electron chi connectivity index (χ4n) is 3.75. The molecular weight excluding hydrogens is 413 g/mol. The maximum absolute atomic E-state index is 14.8. The van der Waals surface area contributed by atoms with Crippen LogP contribution in [0.5, 0.6) is 0 Å². The number of hydrogen-bond donors (Lipinski definition) is 1. The molecule has 1 saturated heterocycles. The third-order valence-electron chi connectivity index (χ3n) is 5.39. The van der Waals surface area contributed by atoms with Gasteiger partial charge >= 0.3 is 0 Å². The van der Waals surface area contributed by atoms with E-state index in [0.29, 0.717) is 29.8 Å². The molecule has 1 aliphatic rings. The topological polar surface area (TPSA) is 101 Å². The highest BCUT2D eigenvalue weighted by atomic mass is 19.1. The molecule has 160 valence electrons. The van der Waals surface area contributed by atoms with Gasteiger partial charge in [-0.25, -0.2) is 19.5 Å². The van der Waals surface area contributed by atoms with E-state index < -0.39 is 17.2 Å². The Labute approximate surface area is 181 Å². The maximum Gasteiger partial charge on any atom is 0.264 e. The Hall–Kier alpha value is -3.98. The molecule has 1 N–H and O–H groups in total. The highest BCUT2D eigenvalue weighted by molar-refractivity contribution is 6.08. The molecule has 0 unspecified atom stereocenters. The summed E-state index contributed by atoms with van der Waals surface area (Å²) in [5.74, 6) is -0.941. The van der Waals surface area contributed by atoms with Gasteiger partial charge in [0, 0.05) is 41.4 Å². The number of morpholine rings is 1. The van der Waals surface area contributed by atoms with Gasteiger partial charge in [0.15, 0.2) is 0 Å². The Morgan fingerprint density at radius 2 is 1.88 bits per heavy atom. The zero-order valence-electron chi connectivity index (χ0n) is 16.9. The van der Waals surface area contributed by atoms with Gasteiger partial charge in [-0.15, -0.1) is 0 Å². The number of hydrogen-bond acceptors (Lipinski definition) is 7. The highest BCUT2D eigenvalue weighted by Gasteiger charge is 2.18. The SMILES string of the molecule is O=C(c1ccc(F)c(-c2ncnc3cc(N4CCOCC4)ccc23)c1)c1ccc(=O)[nH]n1. The molecule has 0 amide bonds. The second-order valence-electron chi connectivity index (χ2n) is 7.35. The Balaban J connectivity index is 1.56. The number of benzene rings is 2. The lowest BCUT2D eigenvalue weighted by Crippen LogP contribution is -2.36. The standard InChI is InChI=1S/C23H18FN5O3/c24-18-4-1-14(23(31)19-5-6-21(30)28-27-19)11-17(18)22-16-3-2-15(12-20(16)25-13-26-22)29-7-9-32-10-8-29/h1-6,11-13H,7-10H2,(H,28,30). The molecular formula is C23H18FN5O3. The molecule has 0 atom stereocenters. The number of halogens is 1. The summed E-state index contributed by atoms with van der Waals surface area (Å²) in [6.07, 6.45) is 1.39. The van der Waals surface area contributed by atoms with Gasteiger partial charge in [-0.1, -0.05) is 0 Å². The van der Waals surface area contributed by atoms with E-state index in [1.54, 1.807) is 0 Å². The van der Waals surface area contributed by atoms with Crippen molar-refractivity contribution in [2.24, 2.45) is 0 Å². The maximum atomic E-state index is 14.8. The number of rotatable bonds is 4. The molecule has 2 aromatic carbocycles. The zero-order valence-corrected chi connectivity index (χ0v) is 16.9. The number of aromatic nitrogens is 4. The van der Waals surface area contributed by atoms with E-state index in [-0.39, 0.29) is 16.8 Å². The fraction of sp³-hybridized carbons (Fsp3) is 0.174. The number of nitrogens with one attached hydrogen (secondary N) is 1. The summed E-state index contributed by atoms with van der Waals surface area (Å²) in [4.78, 5) is 34.9. The van der Waals surface area contributed by atoms with E-state index >= 15 is 0 Å². The first kappa shape index (κ1) is 20.0. The minimum absolute atomic E-state index is 0.0601. The van der Waals surface area contributed by atoms with Gasteiger partial charge in [-0.3, -0.25) is 9.59 Å². The van der Waals surface area contributed by atoms with Crippen LogP contribution in [0, 0.1) is 5.82 Å². The van der Waals surface area contributed by atoms with Crippen LogP contribution in [0.3, 0.4) is 0 Å². The minimum Gasteiger partial charge on any atom is -0.378 e. The fourth-order valence-corrected chi connectivity index (χ4v) is 3.75. The first-order valence-electron chi connectivity index (χ1n) is 10.1. The Kier molecular flexibility index (Phi) is 5.16. The Morgan fingerprint density at radius 3 is 2.66 bits per heavy atom. The predicted octanol–water partition coefficient (Wildman–Crippen LogP) is 2.59. The van der Waals surface area contributed by atoms with E-state index in [1.807, 2.05) is 18.2 Å². The molecule has 1 aliphatic heterocycles. The first-order chi connectivity index (χ1) is 15.6. The normalized spacial score (nSPS) is 14.0. The third kappa shape index (κ3) is 3.74. The van der Waals surface area contributed by atoms with Crippen LogP contribution >= 0.6 is 0 Å². The van der Waals surface area contributed by atoms with Gasteiger partial charge < -0.3 is 9.64 Å². The summed E-state index contributed by atoms with van der Waals surface area (Å²) in [5.41, 5.74) is 2.15. The monoisotopic (exact) mass is 431 g/mol. The lowest BCUT2D eigenvalue weighted by Gasteiger charge is -2.29. The number of ether oxygens (including phenoxy) is 1. The molecule has 0 radical (unpaired) electrons. The van der Waals surface area contributed by atoms with E-state index in [0.717, 1.165) is 18.8 Å². The van der Waals surface area contributed by atoms with Gasteiger partial charge in [0.25, 0.3) is 5.56 Å². The second kappa shape index (κ2) is 8.27. The zero-order chi connectivity index (χ0) is 22.1. The second-order valence-corrected chi connectivity index (χ2v) is 7.35. The van der Waals surface area contributed by atoms with Crippen LogP contribution in [0.2, 0.25) is 0 Å². The Bertz CT molecular complexity index is 1360. The summed E-state index contributed by atoms with van der Waals surface area (Å²) < 4.78 is 20.2. The number of H-pyrrole nitrogens is 1. The van der Waals surface area contributed by atoms with E-state index in [1.165, 1.54) is 36.7 Å². The van der Waals surface area contributed by atoms with Crippen molar-refractivity contribution in [2.75, 3.05) is 31.2 Å². The number of anilines is 1. The van der Waals surface area contributed by atoms with Crippen molar-refractivity contribution in [3.63, 3.8) is 0 Å². The van der Waals surface area contributed by atoms with Gasteiger partial charge in [-0.2, -0.15) is 5.10 Å². The summed E-state index contributed by atoms with van der Waals surface area (Å²) in [7, 11) is 0. The number of aromatic amines is 1. The van der Waals surface area contributed by atoms with Gasteiger partial charge in [0.05, 0.1) is 24.4 Å². The van der Waals surface area contributed by atoms with Crippen molar-refractivity contribution in [1.82, 2.24) is 20.2 Å². The molecule has 0 saturated carbocycles. The van der Waals surface area contributed by atoms with Crippen LogP contribution < -0.4 is 10.5 Å². The summed E-state index contributed by atoms with van der Waals surface area (Å²) in [5, 5.41) is 6.67. The molecule has 5 rings (SSSR count). The van der Waals surface area contributed by atoms with E-state index in [4.69, 9.17) is 4.74 Å². The molecule has 2 aromatic heterocycles. The van der Waals surface area contributed by atoms with Crippen molar-refractivity contribution >= 4 is 22.4 Å². The molecule has 32 heavy (non-hydrogen) atoms. The minimum atomic E-state index is -0.506. The van der Waals surface area contributed by atoms with Crippen molar-refractivity contribution in [3.8, 4) is 11.3 Å². The molecule has 8 nitrogen and oxygen atoms in total. The predicted molar refractivity (Wildman–Crippen MR) is 116 cm³/mol. The van der Waals surface area contributed by atoms with Crippen LogP contribution in [-0.4, -0.2) is 52.3 Å². The summed E-state index contributed by atoms with van der Waals surface area (Å²) in [6, 6.07) is 12.4. The molecule has 4 aromatic rings. The molecule has 1 fully saturated rings. The van der Waals surface area contributed by atoms with Crippen LogP contribution in [-0.2, 0) is 4.74 Å².